The highest BCUT2D eigenvalue weighted by molar-refractivity contribution is 6.12. The summed E-state index contributed by atoms with van der Waals surface area (Å²) < 4.78 is 28.2. The summed E-state index contributed by atoms with van der Waals surface area (Å²) in [4.78, 5) is 48.9. The van der Waals surface area contributed by atoms with Crippen LogP contribution >= 0.6 is 0 Å². The molecule has 0 aromatic heterocycles. The summed E-state index contributed by atoms with van der Waals surface area (Å²) in [6.45, 7) is 8.34. The van der Waals surface area contributed by atoms with Crippen LogP contribution in [0.3, 0.4) is 0 Å². The lowest BCUT2D eigenvalue weighted by Crippen LogP contribution is -2.54. The van der Waals surface area contributed by atoms with Gasteiger partial charge in [-0.05, 0) is 71.9 Å². The lowest BCUT2D eigenvalue weighted by atomic mass is 9.97. The molecule has 14 nitrogen and oxygen atoms in total. The highest BCUT2D eigenvalue weighted by atomic mass is 16.7. The van der Waals surface area contributed by atoms with E-state index >= 15 is 0 Å². The molecule has 1 fully saturated rings. The number of unbranched alkanes of at least 4 members (excludes halogenated alkanes) is 3. The first-order valence-corrected chi connectivity index (χ1v) is 16.9. The number of carbonyl (C=O) groups excluding carboxylic acids is 4. The summed E-state index contributed by atoms with van der Waals surface area (Å²) in [6.07, 6.45) is 2.09. The van der Waals surface area contributed by atoms with E-state index in [1.54, 1.807) is 39.0 Å². The first-order chi connectivity index (χ1) is 23.3. The Hall–Kier alpha value is -3.56. The van der Waals surface area contributed by atoms with E-state index in [1.807, 2.05) is 6.92 Å². The van der Waals surface area contributed by atoms with Crippen LogP contribution in [0.15, 0.2) is 30.4 Å². The molecule has 274 valence electrons. The molecular weight excluding hydrogens is 640 g/mol. The van der Waals surface area contributed by atoms with E-state index in [0.29, 0.717) is 50.3 Å². The van der Waals surface area contributed by atoms with E-state index in [0.717, 1.165) is 25.7 Å². The van der Waals surface area contributed by atoms with Crippen molar-refractivity contribution in [1.82, 2.24) is 10.2 Å². The molecule has 2 aliphatic heterocycles. The van der Waals surface area contributed by atoms with Gasteiger partial charge in [-0.25, -0.2) is 0 Å². The van der Waals surface area contributed by atoms with Gasteiger partial charge >= 0.3 is 5.97 Å². The van der Waals surface area contributed by atoms with E-state index in [2.05, 4.69) is 5.32 Å². The van der Waals surface area contributed by atoms with Crippen LogP contribution in [0.1, 0.15) is 78.2 Å². The molecule has 0 aliphatic carbocycles. The lowest BCUT2D eigenvalue weighted by molar-refractivity contribution is -0.242. The van der Waals surface area contributed by atoms with Gasteiger partial charge in [0.1, 0.15) is 43.0 Å². The summed E-state index contributed by atoms with van der Waals surface area (Å²) in [6, 6.07) is 4.96. The average Bonchev–Trinajstić information content (AvgIpc) is 3.37. The highest BCUT2D eigenvalue weighted by Crippen LogP contribution is 2.30. The Labute approximate surface area is 287 Å². The van der Waals surface area contributed by atoms with Crippen LogP contribution in [0.2, 0.25) is 0 Å². The fourth-order valence-electron chi connectivity index (χ4n) is 5.00. The van der Waals surface area contributed by atoms with E-state index in [9.17, 15) is 34.5 Å². The maximum absolute atomic E-state index is 12.3. The van der Waals surface area contributed by atoms with Crippen LogP contribution in [-0.4, -0.2) is 108 Å². The van der Waals surface area contributed by atoms with Gasteiger partial charge in [0.2, 0.25) is 12.2 Å². The Kier molecular flexibility index (Phi) is 15.9. The molecule has 2 aliphatic rings. The van der Waals surface area contributed by atoms with Crippen molar-refractivity contribution in [2.45, 2.75) is 110 Å². The van der Waals surface area contributed by atoms with Crippen LogP contribution in [0.4, 0.5) is 0 Å². The van der Waals surface area contributed by atoms with Gasteiger partial charge in [0.15, 0.2) is 0 Å². The van der Waals surface area contributed by atoms with Crippen LogP contribution < -0.4 is 14.8 Å². The van der Waals surface area contributed by atoms with Gasteiger partial charge in [-0.3, -0.25) is 24.1 Å². The first-order valence-electron chi connectivity index (χ1n) is 16.9. The molecule has 49 heavy (non-hydrogen) atoms. The van der Waals surface area contributed by atoms with Crippen molar-refractivity contribution in [2.75, 3.05) is 33.0 Å². The third-order valence-corrected chi connectivity index (χ3v) is 7.97. The fraction of sp³-hybridized carbons (Fsp3) is 0.657. The Morgan fingerprint density at radius 3 is 2.43 bits per heavy atom. The Morgan fingerprint density at radius 1 is 0.980 bits per heavy atom. The van der Waals surface area contributed by atoms with Crippen molar-refractivity contribution in [2.24, 2.45) is 5.41 Å². The first kappa shape index (κ1) is 39.9. The number of benzene rings is 1. The summed E-state index contributed by atoms with van der Waals surface area (Å²) >= 11 is 0. The molecule has 4 N–H and O–H groups in total. The zero-order valence-electron chi connectivity index (χ0n) is 28.9. The number of aliphatic hydroxyl groups is 3. The summed E-state index contributed by atoms with van der Waals surface area (Å²) in [7, 11) is 0. The maximum Gasteiger partial charge on any atom is 0.311 e. The van der Waals surface area contributed by atoms with Crippen molar-refractivity contribution >= 4 is 23.7 Å². The van der Waals surface area contributed by atoms with Crippen LogP contribution in [0.5, 0.6) is 11.5 Å². The van der Waals surface area contributed by atoms with Crippen molar-refractivity contribution in [3.05, 3.63) is 35.9 Å². The number of nitrogens with one attached hydrogen (secondary N) is 1. The second-order valence-electron chi connectivity index (χ2n) is 13.4. The molecule has 0 spiro atoms. The number of aliphatic hydroxyl groups excluding tert-OH is 3. The number of rotatable bonds is 20. The van der Waals surface area contributed by atoms with E-state index in [1.165, 1.54) is 17.1 Å². The van der Waals surface area contributed by atoms with Crippen molar-refractivity contribution < 1.29 is 58.2 Å². The number of hydrogen-bond acceptors (Lipinski definition) is 12. The topological polar surface area (TPSA) is 190 Å². The van der Waals surface area contributed by atoms with E-state index in [-0.39, 0.29) is 49.3 Å². The molecule has 1 aromatic carbocycles. The summed E-state index contributed by atoms with van der Waals surface area (Å²) in [5.74, 6) is -0.319. The predicted molar refractivity (Wildman–Crippen MR) is 176 cm³/mol. The molecule has 3 amide bonds. The van der Waals surface area contributed by atoms with Crippen molar-refractivity contribution in [3.8, 4) is 11.5 Å². The molecule has 0 bridgehead atoms. The summed E-state index contributed by atoms with van der Waals surface area (Å²) in [5.41, 5.74) is -0.213. The second-order valence-corrected chi connectivity index (χ2v) is 13.4. The molecular formula is C35H52N2O12. The van der Waals surface area contributed by atoms with Gasteiger partial charge in [-0.1, -0.05) is 6.42 Å². The third kappa shape index (κ3) is 13.3. The van der Waals surface area contributed by atoms with Gasteiger partial charge in [0.05, 0.1) is 18.6 Å². The SMILES string of the molecule is C[C@H](CCCCOCCOc1ccc(COC(=O)C(C)(C)C)c(O[C@@H]2OC[C@@H](O)[C@H](O)[C@H]2O)c1)NC(=O)CCCCCN1C(=O)C=CC1=O. The molecule has 5 atom stereocenters. The molecule has 1 aromatic rings. The minimum Gasteiger partial charge on any atom is -0.491 e. The standard InChI is InChI=1S/C35H52N2O12/c1-23(36-28(39)11-6-5-8-16-37-29(40)14-15-30(37)41)10-7-9-17-45-18-19-46-25-13-12-24(21-48-34(44)35(2,3)4)27(20-25)49-33-32(43)31(42)26(38)22-47-33/h12-15,20,23,26,31-33,38,42-43H,5-11,16-19,21-22H2,1-4H3,(H,36,39)/t23-,26-,31+,32-,33+/m1/s1. The molecule has 1 saturated heterocycles. The van der Waals surface area contributed by atoms with Crippen molar-refractivity contribution in [3.63, 3.8) is 0 Å². The fourth-order valence-corrected chi connectivity index (χ4v) is 5.00. The molecule has 0 unspecified atom stereocenters. The van der Waals surface area contributed by atoms with Crippen molar-refractivity contribution in [1.29, 1.82) is 0 Å². The number of hydrogen-bond donors (Lipinski definition) is 4. The molecule has 0 saturated carbocycles. The Morgan fingerprint density at radius 2 is 1.71 bits per heavy atom. The number of amides is 3. The summed E-state index contributed by atoms with van der Waals surface area (Å²) in [5, 5.41) is 33.2. The Bertz CT molecular complexity index is 1260. The second kappa shape index (κ2) is 19.6. The minimum absolute atomic E-state index is 0.0118. The third-order valence-electron chi connectivity index (χ3n) is 7.97. The Balaban J connectivity index is 1.32. The van der Waals surface area contributed by atoms with Gasteiger partial charge < -0.3 is 44.3 Å². The number of ether oxygens (including phenoxy) is 5. The van der Waals surface area contributed by atoms with E-state index < -0.39 is 36.0 Å². The van der Waals surface area contributed by atoms with Crippen LogP contribution in [-0.2, 0) is 40.0 Å². The molecule has 3 rings (SSSR count). The lowest BCUT2D eigenvalue weighted by Gasteiger charge is -2.35. The highest BCUT2D eigenvalue weighted by Gasteiger charge is 2.39. The van der Waals surface area contributed by atoms with Crippen LogP contribution in [0, 0.1) is 5.41 Å². The predicted octanol–water partition coefficient (Wildman–Crippen LogP) is 2.15. The largest absolute Gasteiger partial charge is 0.491 e. The molecule has 0 radical (unpaired) electrons. The quantitative estimate of drug-likeness (QED) is 0.0887. The number of carbonyl (C=O) groups is 4. The van der Waals surface area contributed by atoms with Gasteiger partial charge in [0, 0.05) is 49.4 Å². The maximum atomic E-state index is 12.3. The number of esters is 1. The van der Waals surface area contributed by atoms with E-state index in [4.69, 9.17) is 23.7 Å². The molecule has 14 heteroatoms. The van der Waals surface area contributed by atoms with Gasteiger partial charge in [0.25, 0.3) is 11.8 Å². The molecule has 2 heterocycles. The van der Waals surface area contributed by atoms with Gasteiger partial charge in [-0.2, -0.15) is 0 Å². The average molecular weight is 693 g/mol. The number of nitrogens with zero attached hydrogens (tertiary/aromatic N) is 1. The monoisotopic (exact) mass is 692 g/mol. The van der Waals surface area contributed by atoms with Gasteiger partial charge in [-0.15, -0.1) is 0 Å². The normalized spacial score (nSPS) is 21.5. The number of imide groups is 1. The zero-order chi connectivity index (χ0) is 36.0. The minimum atomic E-state index is -1.51. The van der Waals surface area contributed by atoms with Crippen LogP contribution in [0.25, 0.3) is 0 Å². The zero-order valence-corrected chi connectivity index (χ0v) is 28.9. The smallest absolute Gasteiger partial charge is 0.311 e.